The van der Waals surface area contributed by atoms with Crippen molar-refractivity contribution in [2.45, 2.75) is 46.1 Å². The summed E-state index contributed by atoms with van der Waals surface area (Å²) in [5, 5.41) is 3.28. The SMILES string of the molecule is CCOC(=O)C(=NCCCNC(=O)OC(C)(C)C)C1=C(N)CCN(C(=O)c2ccc(Cl)c(Cl)c2)C1. The summed E-state index contributed by atoms with van der Waals surface area (Å²) >= 11 is 12.0. The van der Waals surface area contributed by atoms with Crippen molar-refractivity contribution in [2.75, 3.05) is 32.8 Å². The predicted molar refractivity (Wildman–Crippen MR) is 136 cm³/mol. The molecule has 1 aliphatic rings. The number of carbonyl (C=O) groups excluding carboxylic acids is 3. The van der Waals surface area contributed by atoms with E-state index in [9.17, 15) is 14.4 Å². The molecule has 0 atom stereocenters. The van der Waals surface area contributed by atoms with Crippen molar-refractivity contribution in [1.82, 2.24) is 10.2 Å². The van der Waals surface area contributed by atoms with Crippen LogP contribution in [0, 0.1) is 0 Å². The fourth-order valence-corrected chi connectivity index (χ4v) is 3.55. The molecule has 2 rings (SSSR count). The van der Waals surface area contributed by atoms with Crippen molar-refractivity contribution in [3.8, 4) is 0 Å². The molecule has 1 aromatic carbocycles. The first-order chi connectivity index (χ1) is 16.4. The number of alkyl carbamates (subject to hydrolysis) is 1. The Kier molecular flexibility index (Phi) is 10.4. The second-order valence-corrected chi connectivity index (χ2v) is 9.66. The molecule has 0 saturated carbocycles. The van der Waals surface area contributed by atoms with Gasteiger partial charge in [0.2, 0.25) is 0 Å². The first-order valence-corrected chi connectivity index (χ1v) is 12.1. The number of rotatable bonds is 8. The van der Waals surface area contributed by atoms with Gasteiger partial charge in [0.15, 0.2) is 0 Å². The van der Waals surface area contributed by atoms with Crippen LogP contribution in [0.4, 0.5) is 4.79 Å². The number of aliphatic imine (C=N–C) groups is 1. The Hall–Kier alpha value is -2.78. The molecule has 0 radical (unpaired) electrons. The van der Waals surface area contributed by atoms with Gasteiger partial charge in [-0.25, -0.2) is 9.59 Å². The molecule has 0 fully saturated rings. The van der Waals surface area contributed by atoms with Crippen LogP contribution in [0.25, 0.3) is 0 Å². The Labute approximate surface area is 215 Å². The molecule has 9 nitrogen and oxygen atoms in total. The topological polar surface area (TPSA) is 123 Å². The molecular formula is C24H32Cl2N4O5. The number of nitrogens with zero attached hydrogens (tertiary/aromatic N) is 2. The van der Waals surface area contributed by atoms with E-state index in [0.29, 0.717) is 47.8 Å². The Morgan fingerprint density at radius 2 is 1.91 bits per heavy atom. The summed E-state index contributed by atoms with van der Waals surface area (Å²) < 4.78 is 10.4. The van der Waals surface area contributed by atoms with Gasteiger partial charge in [0, 0.05) is 42.9 Å². The van der Waals surface area contributed by atoms with Crippen molar-refractivity contribution in [3.05, 3.63) is 45.1 Å². The first-order valence-electron chi connectivity index (χ1n) is 11.3. The highest BCUT2D eigenvalue weighted by Gasteiger charge is 2.29. The summed E-state index contributed by atoms with van der Waals surface area (Å²) in [5.74, 6) is -0.882. The Balaban J connectivity index is 2.12. The molecule has 1 aliphatic heterocycles. The van der Waals surface area contributed by atoms with Crippen LogP contribution in [-0.4, -0.2) is 67.0 Å². The van der Waals surface area contributed by atoms with E-state index in [4.69, 9.17) is 38.4 Å². The normalized spacial score (nSPS) is 14.6. The highest BCUT2D eigenvalue weighted by Crippen LogP contribution is 2.25. The maximum absolute atomic E-state index is 13.0. The number of carbonyl (C=O) groups is 3. The maximum Gasteiger partial charge on any atom is 0.407 e. The fourth-order valence-electron chi connectivity index (χ4n) is 3.25. The second-order valence-electron chi connectivity index (χ2n) is 8.84. The third kappa shape index (κ3) is 8.74. The van der Waals surface area contributed by atoms with Crippen LogP contribution in [-0.2, 0) is 14.3 Å². The van der Waals surface area contributed by atoms with E-state index < -0.39 is 17.7 Å². The minimum atomic E-state index is -0.616. The number of ether oxygens (including phenoxy) is 2. The fraction of sp³-hybridized carbons (Fsp3) is 0.500. The van der Waals surface area contributed by atoms with Crippen LogP contribution >= 0.6 is 23.2 Å². The number of halogens is 2. The molecule has 2 amide bonds. The van der Waals surface area contributed by atoms with Crippen molar-refractivity contribution in [1.29, 1.82) is 0 Å². The lowest BCUT2D eigenvalue weighted by Gasteiger charge is -2.30. The summed E-state index contributed by atoms with van der Waals surface area (Å²) in [6.45, 7) is 8.21. The monoisotopic (exact) mass is 526 g/mol. The number of benzene rings is 1. The van der Waals surface area contributed by atoms with Gasteiger partial charge in [0.25, 0.3) is 5.91 Å². The first kappa shape index (κ1) is 28.5. The van der Waals surface area contributed by atoms with E-state index in [1.54, 1.807) is 44.7 Å². The van der Waals surface area contributed by atoms with E-state index in [0.717, 1.165) is 0 Å². The van der Waals surface area contributed by atoms with Gasteiger partial charge >= 0.3 is 12.1 Å². The van der Waals surface area contributed by atoms with Crippen LogP contribution in [0.3, 0.4) is 0 Å². The highest BCUT2D eigenvalue weighted by molar-refractivity contribution is 6.43. The lowest BCUT2D eigenvalue weighted by molar-refractivity contribution is -0.135. The number of hydrogen-bond acceptors (Lipinski definition) is 7. The Morgan fingerprint density at radius 1 is 1.20 bits per heavy atom. The lowest BCUT2D eigenvalue weighted by Crippen LogP contribution is -2.41. The average Bonchev–Trinajstić information content (AvgIpc) is 2.77. The third-order valence-corrected chi connectivity index (χ3v) is 5.61. The number of nitrogens with one attached hydrogen (secondary N) is 1. The van der Waals surface area contributed by atoms with E-state index in [1.807, 2.05) is 0 Å². The molecule has 0 bridgehead atoms. The zero-order valence-corrected chi connectivity index (χ0v) is 22.0. The molecule has 0 aromatic heterocycles. The highest BCUT2D eigenvalue weighted by atomic mass is 35.5. The molecule has 35 heavy (non-hydrogen) atoms. The molecule has 11 heteroatoms. The number of esters is 1. The van der Waals surface area contributed by atoms with Gasteiger partial charge in [0.1, 0.15) is 11.3 Å². The van der Waals surface area contributed by atoms with Crippen LogP contribution in [0.2, 0.25) is 10.0 Å². The minimum absolute atomic E-state index is 0.0771. The molecule has 1 heterocycles. The summed E-state index contributed by atoms with van der Waals surface area (Å²) in [4.78, 5) is 43.5. The largest absolute Gasteiger partial charge is 0.461 e. The van der Waals surface area contributed by atoms with Crippen LogP contribution < -0.4 is 11.1 Å². The van der Waals surface area contributed by atoms with Gasteiger partial charge in [0.05, 0.1) is 23.2 Å². The van der Waals surface area contributed by atoms with Gasteiger partial charge in [-0.15, -0.1) is 0 Å². The summed E-state index contributed by atoms with van der Waals surface area (Å²) in [6, 6.07) is 4.66. The molecule has 0 aliphatic carbocycles. The van der Waals surface area contributed by atoms with Crippen molar-refractivity contribution in [2.24, 2.45) is 10.7 Å². The summed E-state index contributed by atoms with van der Waals surface area (Å²) in [7, 11) is 0. The molecule has 3 N–H and O–H groups in total. The zero-order valence-electron chi connectivity index (χ0n) is 20.5. The van der Waals surface area contributed by atoms with Gasteiger partial charge < -0.3 is 25.4 Å². The third-order valence-electron chi connectivity index (χ3n) is 4.87. The lowest BCUT2D eigenvalue weighted by atomic mass is 10.0. The number of amides is 2. The van der Waals surface area contributed by atoms with Crippen molar-refractivity contribution in [3.63, 3.8) is 0 Å². The quantitative estimate of drug-likeness (QED) is 0.300. The predicted octanol–water partition coefficient (Wildman–Crippen LogP) is 3.97. The van der Waals surface area contributed by atoms with Crippen molar-refractivity contribution >= 4 is 46.9 Å². The molecule has 192 valence electrons. The second kappa shape index (κ2) is 12.8. The van der Waals surface area contributed by atoms with Crippen LogP contribution in [0.1, 0.15) is 50.9 Å². The summed E-state index contributed by atoms with van der Waals surface area (Å²) in [6.07, 6.45) is 0.310. The molecular weight excluding hydrogens is 495 g/mol. The van der Waals surface area contributed by atoms with Gasteiger partial charge in [-0.1, -0.05) is 23.2 Å². The Bertz CT molecular complexity index is 1020. The zero-order chi connectivity index (χ0) is 26.2. The van der Waals surface area contributed by atoms with Gasteiger partial charge in [-0.05, 0) is 52.3 Å². The maximum atomic E-state index is 13.0. The molecule has 1 aromatic rings. The number of nitrogens with two attached hydrogens (primary N) is 1. The Morgan fingerprint density at radius 3 is 2.54 bits per heavy atom. The molecule has 0 unspecified atom stereocenters. The average molecular weight is 527 g/mol. The summed E-state index contributed by atoms with van der Waals surface area (Å²) in [5.41, 5.74) is 7.01. The standard InChI is InChI=1S/C24H32Cl2N4O5/c1-5-34-22(32)20(28-10-6-11-29-23(33)35-24(2,3)4)16-14-30(12-9-19(16)27)21(31)15-7-8-17(25)18(26)13-15/h7-8,13H,5-6,9-12,14,27H2,1-4H3,(H,29,33). The minimum Gasteiger partial charge on any atom is -0.461 e. The molecule has 0 saturated heterocycles. The van der Waals surface area contributed by atoms with Crippen molar-refractivity contribution < 1.29 is 23.9 Å². The van der Waals surface area contributed by atoms with Gasteiger partial charge in [-0.2, -0.15) is 0 Å². The van der Waals surface area contributed by atoms with E-state index in [1.165, 1.54) is 6.07 Å². The smallest absolute Gasteiger partial charge is 0.407 e. The van der Waals surface area contributed by atoms with E-state index in [2.05, 4.69) is 10.3 Å². The molecule has 0 spiro atoms. The van der Waals surface area contributed by atoms with E-state index in [-0.39, 0.29) is 36.3 Å². The number of hydrogen-bond donors (Lipinski definition) is 2. The van der Waals surface area contributed by atoms with Crippen LogP contribution in [0.5, 0.6) is 0 Å². The van der Waals surface area contributed by atoms with Gasteiger partial charge in [-0.3, -0.25) is 9.79 Å². The van der Waals surface area contributed by atoms with Crippen LogP contribution in [0.15, 0.2) is 34.5 Å². The van der Waals surface area contributed by atoms with E-state index >= 15 is 0 Å².